The second kappa shape index (κ2) is 11.6. The van der Waals surface area contributed by atoms with E-state index in [0.29, 0.717) is 48.4 Å². The number of aryl methyl sites for hydroxylation is 1. The molecule has 0 unspecified atom stereocenters. The van der Waals surface area contributed by atoms with Gasteiger partial charge in [0, 0.05) is 48.9 Å². The van der Waals surface area contributed by atoms with Gasteiger partial charge in [-0.2, -0.15) is 0 Å². The van der Waals surface area contributed by atoms with Gasteiger partial charge in [0.05, 0.1) is 24.4 Å². The van der Waals surface area contributed by atoms with Crippen molar-refractivity contribution in [3.8, 4) is 17.3 Å². The highest BCUT2D eigenvalue weighted by atomic mass is 16.5. The highest BCUT2D eigenvalue weighted by molar-refractivity contribution is 6.00. The monoisotopic (exact) mass is 608 g/mol. The number of fused-ring (bicyclic) bond motifs is 9. The first-order valence-electron chi connectivity index (χ1n) is 15.8. The molecule has 1 fully saturated rings. The van der Waals surface area contributed by atoms with E-state index < -0.39 is 12.2 Å². The molecular weight excluding hydrogens is 568 g/mol. The molecule has 2 bridgehead atoms. The summed E-state index contributed by atoms with van der Waals surface area (Å²) < 4.78 is 10.3. The van der Waals surface area contributed by atoms with Gasteiger partial charge in [-0.15, -0.1) is 0 Å². The molecule has 7 rings (SSSR count). The summed E-state index contributed by atoms with van der Waals surface area (Å²) in [6.45, 7) is 5.78. The minimum absolute atomic E-state index is 0.0747. The van der Waals surface area contributed by atoms with E-state index in [1.54, 1.807) is 19.4 Å². The molecule has 45 heavy (non-hydrogen) atoms. The minimum Gasteiger partial charge on any atom is -0.494 e. The van der Waals surface area contributed by atoms with Gasteiger partial charge in [0.1, 0.15) is 23.0 Å². The lowest BCUT2D eigenvalue weighted by atomic mass is 9.98. The number of nitrogens with two attached hydrogens (primary N) is 1. The Kier molecular flexibility index (Phi) is 7.59. The first-order valence-corrected chi connectivity index (χ1v) is 15.8. The number of hydrogen-bond donors (Lipinski definition) is 3. The van der Waals surface area contributed by atoms with Crippen molar-refractivity contribution in [3.63, 3.8) is 0 Å². The maximum atomic E-state index is 13.9. The van der Waals surface area contributed by atoms with Crippen LogP contribution in [0.5, 0.6) is 5.75 Å². The second-order valence-electron chi connectivity index (χ2n) is 12.7. The molecule has 0 saturated carbocycles. The number of pyridine rings is 1. The summed E-state index contributed by atoms with van der Waals surface area (Å²) in [4.78, 5) is 25.6. The van der Waals surface area contributed by atoms with Crippen LogP contribution in [-0.4, -0.2) is 72.0 Å². The lowest BCUT2D eigenvalue weighted by molar-refractivity contribution is 0.0119. The molecule has 3 aromatic heterocycles. The van der Waals surface area contributed by atoms with Gasteiger partial charge in [-0.25, -0.2) is 9.97 Å². The molecule has 2 aliphatic heterocycles. The highest BCUT2D eigenvalue weighted by Crippen LogP contribution is 2.37. The third kappa shape index (κ3) is 5.07. The summed E-state index contributed by atoms with van der Waals surface area (Å²) in [5.74, 6) is 1.41. The lowest BCUT2D eigenvalue weighted by Crippen LogP contribution is -2.40. The minimum atomic E-state index is -0.983. The summed E-state index contributed by atoms with van der Waals surface area (Å²) in [5.41, 5.74) is 11.7. The van der Waals surface area contributed by atoms with Crippen LogP contribution in [0.15, 0.2) is 60.8 Å². The van der Waals surface area contributed by atoms with Crippen molar-refractivity contribution in [2.45, 2.75) is 70.5 Å². The number of imidazole rings is 1. The Labute approximate surface area is 262 Å². The summed E-state index contributed by atoms with van der Waals surface area (Å²) >= 11 is 0. The average Bonchev–Trinajstić information content (AvgIpc) is 3.68. The largest absolute Gasteiger partial charge is 0.494 e. The van der Waals surface area contributed by atoms with Crippen molar-refractivity contribution in [2.24, 2.45) is 11.7 Å². The van der Waals surface area contributed by atoms with E-state index in [9.17, 15) is 15.0 Å². The molecule has 0 spiro atoms. The van der Waals surface area contributed by atoms with Gasteiger partial charge in [-0.05, 0) is 73.6 Å². The topological polar surface area (TPSA) is 132 Å². The van der Waals surface area contributed by atoms with Gasteiger partial charge in [0.15, 0.2) is 5.82 Å². The second-order valence-corrected chi connectivity index (χ2v) is 12.7. The Morgan fingerprint density at radius 1 is 1.04 bits per heavy atom. The number of benzene rings is 2. The third-order valence-electron chi connectivity index (χ3n) is 9.74. The van der Waals surface area contributed by atoms with Crippen molar-refractivity contribution in [1.29, 1.82) is 0 Å². The fraction of sp³-hybridized carbons (Fsp3) is 0.400. The van der Waals surface area contributed by atoms with Crippen LogP contribution in [-0.2, 0) is 13.1 Å². The van der Waals surface area contributed by atoms with Crippen LogP contribution in [0.3, 0.4) is 0 Å². The first-order chi connectivity index (χ1) is 21.7. The number of methoxy groups -OCH3 is 1. The average molecular weight is 609 g/mol. The summed E-state index contributed by atoms with van der Waals surface area (Å²) in [6, 6.07) is 17.3. The Morgan fingerprint density at radius 3 is 2.67 bits per heavy atom. The third-order valence-corrected chi connectivity index (χ3v) is 9.74. The normalized spacial score (nSPS) is 24.0. The van der Waals surface area contributed by atoms with Crippen LogP contribution in [0.2, 0.25) is 0 Å². The van der Waals surface area contributed by atoms with E-state index in [1.807, 2.05) is 54.3 Å². The number of ether oxygens (including phenoxy) is 1. The number of aliphatic hydroxyl groups excluding tert-OH is 2. The van der Waals surface area contributed by atoms with Gasteiger partial charge >= 0.3 is 0 Å². The van der Waals surface area contributed by atoms with Gasteiger partial charge in [0.25, 0.3) is 5.91 Å². The number of carbonyl (C=O) groups excluding carboxylic acids is 1. The molecule has 5 aromatic rings. The van der Waals surface area contributed by atoms with E-state index >= 15 is 0 Å². The predicted molar refractivity (Wildman–Crippen MR) is 173 cm³/mol. The van der Waals surface area contributed by atoms with E-state index in [0.717, 1.165) is 46.5 Å². The van der Waals surface area contributed by atoms with Gasteiger partial charge in [0.2, 0.25) is 0 Å². The number of carbonyl (C=O) groups is 1. The van der Waals surface area contributed by atoms with Crippen molar-refractivity contribution in [2.75, 3.05) is 13.7 Å². The lowest BCUT2D eigenvalue weighted by Gasteiger charge is -2.23. The van der Waals surface area contributed by atoms with Gasteiger partial charge in [-0.1, -0.05) is 31.2 Å². The summed E-state index contributed by atoms with van der Waals surface area (Å²) in [6.07, 6.45) is 1.95. The predicted octanol–water partition coefficient (Wildman–Crippen LogP) is 4.50. The molecule has 2 aliphatic rings. The van der Waals surface area contributed by atoms with Crippen LogP contribution in [0.4, 0.5) is 0 Å². The molecule has 0 radical (unpaired) electrons. The molecule has 1 amide bonds. The zero-order chi connectivity index (χ0) is 31.4. The molecule has 2 aromatic carbocycles. The van der Waals surface area contributed by atoms with Gasteiger partial charge < -0.3 is 34.7 Å². The molecular formula is C35H40N6O4. The number of aliphatic hydroxyl groups is 2. The van der Waals surface area contributed by atoms with Crippen LogP contribution in [0.1, 0.15) is 60.7 Å². The number of likely N-dealkylation sites (tertiary alicyclic amines) is 1. The number of amides is 1. The highest BCUT2D eigenvalue weighted by Gasteiger charge is 2.37. The maximum Gasteiger partial charge on any atom is 0.254 e. The standard InChI is InChI=1S/C35H40N6O4/c1-20-18-40(21(2)30(20)36)35(44)25-15-26-31(29(17-25)45-3)41-19-22-8-6-9-23(14-22)32(43)28(42)11-4-5-13-39-27(34(41)38-26)16-24-10-7-12-37-33(24)39/h6-10,12,14-17,20-21,28,30,32,42-43H,4-5,11,13,18-19,36H2,1-3H3/t20-,21-,28-,30-,32+/m1/s1. The molecule has 5 heterocycles. The van der Waals surface area contributed by atoms with E-state index in [4.69, 9.17) is 20.4 Å². The van der Waals surface area contributed by atoms with Crippen LogP contribution < -0.4 is 10.5 Å². The van der Waals surface area contributed by atoms with Crippen LogP contribution in [0, 0.1) is 5.92 Å². The van der Waals surface area contributed by atoms with E-state index in [1.165, 1.54) is 0 Å². The maximum absolute atomic E-state index is 13.9. The molecule has 10 nitrogen and oxygen atoms in total. The van der Waals surface area contributed by atoms with Crippen molar-refractivity contribution in [1.82, 2.24) is 24.0 Å². The number of rotatable bonds is 2. The van der Waals surface area contributed by atoms with Crippen LogP contribution in [0.25, 0.3) is 33.6 Å². The summed E-state index contributed by atoms with van der Waals surface area (Å²) in [7, 11) is 1.61. The number of nitrogens with zero attached hydrogens (tertiary/aromatic N) is 5. The zero-order valence-electron chi connectivity index (χ0n) is 25.9. The Bertz CT molecular complexity index is 1900. The zero-order valence-corrected chi connectivity index (χ0v) is 25.9. The Balaban J connectivity index is 1.44. The summed E-state index contributed by atoms with van der Waals surface area (Å²) in [5, 5.41) is 22.8. The number of hydrogen-bond acceptors (Lipinski definition) is 7. The first kappa shape index (κ1) is 29.5. The SMILES string of the molecule is COc1cc(C(=O)N2C[C@@H](C)[C@@H](N)[C@H]2C)cc2nc3n(c12)Cc1cccc(c1)[C@H](O)[C@H](O)CCCCn1c-3cc2cccnc21. The fourth-order valence-electron chi connectivity index (χ4n) is 7.13. The van der Waals surface area contributed by atoms with Gasteiger partial charge in [-0.3, -0.25) is 4.79 Å². The molecule has 10 heteroatoms. The Hall–Kier alpha value is -4.25. The number of aromatic nitrogens is 4. The molecule has 1 saturated heterocycles. The molecule has 5 atom stereocenters. The van der Waals surface area contributed by atoms with E-state index in [-0.39, 0.29) is 23.9 Å². The molecule has 0 aliphatic carbocycles. The quantitative estimate of drug-likeness (QED) is 0.269. The van der Waals surface area contributed by atoms with E-state index in [2.05, 4.69) is 22.1 Å². The van der Waals surface area contributed by atoms with Crippen molar-refractivity contribution < 1.29 is 19.7 Å². The molecule has 4 N–H and O–H groups in total. The fourth-order valence-corrected chi connectivity index (χ4v) is 7.13. The van der Waals surface area contributed by atoms with Crippen molar-refractivity contribution >= 4 is 28.0 Å². The molecule has 234 valence electrons. The Morgan fingerprint density at radius 2 is 1.89 bits per heavy atom. The van der Waals surface area contributed by atoms with Crippen molar-refractivity contribution in [3.05, 3.63) is 77.5 Å². The smallest absolute Gasteiger partial charge is 0.254 e. The van der Waals surface area contributed by atoms with Crippen LogP contribution >= 0.6 is 0 Å².